The van der Waals surface area contributed by atoms with Gasteiger partial charge in [0.15, 0.2) is 5.65 Å². The fourth-order valence-corrected chi connectivity index (χ4v) is 2.77. The van der Waals surface area contributed by atoms with Gasteiger partial charge in [-0.3, -0.25) is 0 Å². The van der Waals surface area contributed by atoms with Gasteiger partial charge < -0.3 is 11.5 Å². The highest BCUT2D eigenvalue weighted by Gasteiger charge is 2.13. The molecule has 0 fully saturated rings. The second-order valence-electron chi connectivity index (χ2n) is 5.63. The summed E-state index contributed by atoms with van der Waals surface area (Å²) in [4.78, 5) is 4.64. The van der Waals surface area contributed by atoms with Crippen LogP contribution in [0.5, 0.6) is 0 Å². The summed E-state index contributed by atoms with van der Waals surface area (Å²) < 4.78 is 1.67. The third-order valence-electron chi connectivity index (χ3n) is 3.96. The molecule has 0 saturated heterocycles. The van der Waals surface area contributed by atoms with E-state index in [9.17, 15) is 0 Å². The molecule has 0 unspecified atom stereocenters. The SMILES string of the molecule is CCCCCCCCc1c(CC)nc2cc(N)nn2c1N. The summed E-state index contributed by atoms with van der Waals surface area (Å²) in [5, 5.41) is 4.22. The van der Waals surface area contributed by atoms with Crippen LogP contribution in [0.25, 0.3) is 5.65 Å². The summed E-state index contributed by atoms with van der Waals surface area (Å²) >= 11 is 0. The molecule has 21 heavy (non-hydrogen) atoms. The molecule has 0 aliphatic rings. The van der Waals surface area contributed by atoms with Gasteiger partial charge in [0.25, 0.3) is 0 Å². The molecule has 0 saturated carbocycles. The average Bonchev–Trinajstić information content (AvgIpc) is 2.85. The molecule has 0 atom stereocenters. The molecule has 5 nitrogen and oxygen atoms in total. The maximum Gasteiger partial charge on any atom is 0.159 e. The first-order valence-electron chi connectivity index (χ1n) is 8.09. The van der Waals surface area contributed by atoms with Gasteiger partial charge in [-0.2, -0.15) is 4.52 Å². The van der Waals surface area contributed by atoms with Crippen molar-refractivity contribution in [1.29, 1.82) is 0 Å². The molecule has 4 N–H and O–H groups in total. The fourth-order valence-electron chi connectivity index (χ4n) is 2.77. The minimum absolute atomic E-state index is 0.466. The van der Waals surface area contributed by atoms with E-state index in [0.29, 0.717) is 11.6 Å². The second-order valence-corrected chi connectivity index (χ2v) is 5.63. The maximum absolute atomic E-state index is 6.28. The molecule has 2 rings (SSSR count). The number of unbranched alkanes of at least 4 members (excludes halogenated alkanes) is 5. The Morgan fingerprint density at radius 3 is 2.48 bits per heavy atom. The lowest BCUT2D eigenvalue weighted by Crippen LogP contribution is -2.09. The molecule has 5 heteroatoms. The minimum Gasteiger partial charge on any atom is -0.383 e. The van der Waals surface area contributed by atoms with Gasteiger partial charge in [0.05, 0.1) is 0 Å². The third-order valence-corrected chi connectivity index (χ3v) is 3.96. The summed E-state index contributed by atoms with van der Waals surface area (Å²) in [6, 6.07) is 1.77. The monoisotopic (exact) mass is 289 g/mol. The van der Waals surface area contributed by atoms with Crippen LogP contribution < -0.4 is 11.5 Å². The number of aromatic nitrogens is 3. The number of hydrogen-bond acceptors (Lipinski definition) is 4. The third kappa shape index (κ3) is 3.65. The summed E-state index contributed by atoms with van der Waals surface area (Å²) in [5.41, 5.74) is 15.0. The number of fused-ring (bicyclic) bond motifs is 1. The molecule has 2 aromatic rings. The zero-order chi connectivity index (χ0) is 15.2. The number of anilines is 2. The van der Waals surface area contributed by atoms with E-state index in [4.69, 9.17) is 11.5 Å². The largest absolute Gasteiger partial charge is 0.383 e. The molecule has 0 radical (unpaired) electrons. The lowest BCUT2D eigenvalue weighted by Gasteiger charge is -2.12. The molecule has 0 aliphatic heterocycles. The van der Waals surface area contributed by atoms with Crippen molar-refractivity contribution in [1.82, 2.24) is 14.6 Å². The lowest BCUT2D eigenvalue weighted by atomic mass is 10.0. The quantitative estimate of drug-likeness (QED) is 0.730. The van der Waals surface area contributed by atoms with E-state index in [1.165, 1.54) is 32.1 Å². The Morgan fingerprint density at radius 2 is 1.76 bits per heavy atom. The van der Waals surface area contributed by atoms with Gasteiger partial charge in [0.2, 0.25) is 0 Å². The normalized spacial score (nSPS) is 11.3. The van der Waals surface area contributed by atoms with Crippen molar-refractivity contribution in [3.05, 3.63) is 17.3 Å². The highest BCUT2D eigenvalue weighted by molar-refractivity contribution is 5.57. The van der Waals surface area contributed by atoms with E-state index in [0.717, 1.165) is 36.2 Å². The van der Waals surface area contributed by atoms with Gasteiger partial charge in [-0.1, -0.05) is 46.0 Å². The molecule has 0 bridgehead atoms. The van der Waals surface area contributed by atoms with Crippen molar-refractivity contribution in [3.8, 4) is 0 Å². The minimum atomic E-state index is 0.466. The van der Waals surface area contributed by atoms with E-state index >= 15 is 0 Å². The van der Waals surface area contributed by atoms with Crippen LogP contribution in [0, 0.1) is 0 Å². The highest BCUT2D eigenvalue weighted by Crippen LogP contribution is 2.22. The summed E-state index contributed by atoms with van der Waals surface area (Å²) in [5.74, 6) is 1.16. The molecule has 2 aromatic heterocycles. The number of nitrogens with zero attached hydrogens (tertiary/aromatic N) is 3. The Balaban J connectivity index is 2.08. The van der Waals surface area contributed by atoms with Crippen LogP contribution in [0.2, 0.25) is 0 Å². The van der Waals surface area contributed by atoms with E-state index in [-0.39, 0.29) is 0 Å². The van der Waals surface area contributed by atoms with Gasteiger partial charge in [0, 0.05) is 17.3 Å². The predicted molar refractivity (Wildman–Crippen MR) is 88.3 cm³/mol. The Bertz CT molecular complexity index is 588. The van der Waals surface area contributed by atoms with Crippen LogP contribution in [0.15, 0.2) is 6.07 Å². The molecule has 2 heterocycles. The Kier molecular flexibility index (Phi) is 5.42. The van der Waals surface area contributed by atoms with Gasteiger partial charge in [-0.15, -0.1) is 5.10 Å². The molecular formula is C16H27N5. The predicted octanol–water partition coefficient (Wildman–Crippen LogP) is 3.36. The first kappa shape index (κ1) is 15.6. The van der Waals surface area contributed by atoms with E-state index in [1.54, 1.807) is 10.6 Å². The van der Waals surface area contributed by atoms with Crippen LogP contribution in [0.3, 0.4) is 0 Å². The van der Waals surface area contributed by atoms with Crippen LogP contribution in [-0.2, 0) is 12.8 Å². The van der Waals surface area contributed by atoms with E-state index in [1.807, 2.05) is 0 Å². The van der Waals surface area contributed by atoms with Gasteiger partial charge >= 0.3 is 0 Å². The van der Waals surface area contributed by atoms with Crippen molar-refractivity contribution < 1.29 is 0 Å². The van der Waals surface area contributed by atoms with E-state index < -0.39 is 0 Å². The second kappa shape index (κ2) is 7.29. The summed E-state index contributed by atoms with van der Waals surface area (Å²) in [6.45, 7) is 4.35. The molecule has 0 amide bonds. The van der Waals surface area contributed by atoms with Crippen molar-refractivity contribution in [2.45, 2.75) is 65.2 Å². The van der Waals surface area contributed by atoms with Gasteiger partial charge in [0.1, 0.15) is 11.6 Å². The van der Waals surface area contributed by atoms with Crippen LogP contribution >= 0.6 is 0 Å². The highest BCUT2D eigenvalue weighted by atomic mass is 15.3. The molecular weight excluding hydrogens is 262 g/mol. The standard InChI is InChI=1S/C16H27N5/c1-3-5-6-7-8-9-10-12-13(4-2)19-15-11-14(17)20-21(15)16(12)18/h11H,3-10,18H2,1-2H3,(H2,17,20). The molecule has 116 valence electrons. The molecule has 0 aromatic carbocycles. The topological polar surface area (TPSA) is 82.2 Å². The smallest absolute Gasteiger partial charge is 0.159 e. The number of rotatable bonds is 8. The van der Waals surface area contributed by atoms with Gasteiger partial charge in [-0.05, 0) is 19.3 Å². The average molecular weight is 289 g/mol. The Labute approximate surface area is 126 Å². The molecule has 0 aliphatic carbocycles. The number of hydrogen-bond donors (Lipinski definition) is 2. The zero-order valence-corrected chi connectivity index (χ0v) is 13.2. The fraction of sp³-hybridized carbons (Fsp3) is 0.625. The van der Waals surface area contributed by atoms with Crippen LogP contribution in [0.1, 0.15) is 63.6 Å². The number of nitrogens with two attached hydrogens (primary N) is 2. The van der Waals surface area contributed by atoms with E-state index in [2.05, 4.69) is 23.9 Å². The molecule has 0 spiro atoms. The Hall–Kier alpha value is -1.78. The van der Waals surface area contributed by atoms with Crippen molar-refractivity contribution in [3.63, 3.8) is 0 Å². The first-order chi connectivity index (χ1) is 10.2. The Morgan fingerprint density at radius 1 is 1.05 bits per heavy atom. The van der Waals surface area contributed by atoms with Crippen molar-refractivity contribution in [2.24, 2.45) is 0 Å². The summed E-state index contributed by atoms with van der Waals surface area (Å²) in [6.07, 6.45) is 9.53. The summed E-state index contributed by atoms with van der Waals surface area (Å²) in [7, 11) is 0. The maximum atomic E-state index is 6.28. The zero-order valence-electron chi connectivity index (χ0n) is 13.2. The first-order valence-corrected chi connectivity index (χ1v) is 8.09. The van der Waals surface area contributed by atoms with Crippen LogP contribution in [-0.4, -0.2) is 14.6 Å². The number of nitrogen functional groups attached to an aromatic ring is 2. The number of aryl methyl sites for hydroxylation is 1. The lowest BCUT2D eigenvalue weighted by molar-refractivity contribution is 0.605. The van der Waals surface area contributed by atoms with Gasteiger partial charge in [-0.25, -0.2) is 4.98 Å². The van der Waals surface area contributed by atoms with Crippen molar-refractivity contribution >= 4 is 17.3 Å². The van der Waals surface area contributed by atoms with Crippen LogP contribution in [0.4, 0.5) is 11.6 Å². The van der Waals surface area contributed by atoms with Crippen molar-refractivity contribution in [2.75, 3.05) is 11.5 Å².